The van der Waals surface area contributed by atoms with E-state index in [9.17, 15) is 4.79 Å². The number of furan rings is 1. The van der Waals surface area contributed by atoms with Gasteiger partial charge in [-0.25, -0.2) is 0 Å². The van der Waals surface area contributed by atoms with Crippen LogP contribution < -0.4 is 14.8 Å². The fraction of sp³-hybridized carbons (Fsp3) is 0.267. The van der Waals surface area contributed by atoms with Gasteiger partial charge in [0.2, 0.25) is 0 Å². The van der Waals surface area contributed by atoms with E-state index in [-0.39, 0.29) is 5.91 Å². The normalized spacial score (nSPS) is 10.2. The van der Waals surface area contributed by atoms with Crippen LogP contribution in [0.15, 0.2) is 41.2 Å². The molecule has 1 aromatic carbocycles. The molecule has 1 N–H and O–H groups in total. The van der Waals surface area contributed by atoms with Crippen molar-refractivity contribution >= 4 is 11.6 Å². The van der Waals surface area contributed by atoms with Gasteiger partial charge < -0.3 is 23.9 Å². The maximum Gasteiger partial charge on any atom is 0.258 e. The van der Waals surface area contributed by atoms with Crippen molar-refractivity contribution in [2.75, 3.05) is 32.8 Å². The van der Waals surface area contributed by atoms with Crippen LogP contribution in [0.2, 0.25) is 0 Å². The molecule has 0 saturated heterocycles. The van der Waals surface area contributed by atoms with Crippen LogP contribution in [-0.4, -0.2) is 33.3 Å². The summed E-state index contributed by atoms with van der Waals surface area (Å²) in [6, 6.07) is 6.76. The van der Waals surface area contributed by atoms with E-state index in [0.717, 1.165) is 0 Å². The number of carbonyl (C=O) groups excluding carboxylic acids is 1. The second kappa shape index (κ2) is 7.35. The van der Waals surface area contributed by atoms with Gasteiger partial charge in [0.1, 0.15) is 12.9 Å². The lowest BCUT2D eigenvalue weighted by Crippen LogP contribution is -2.11. The first-order chi connectivity index (χ1) is 10.2. The minimum atomic E-state index is -0.253. The van der Waals surface area contributed by atoms with Crippen LogP contribution in [-0.2, 0) is 4.74 Å². The number of ether oxygens (including phenoxy) is 3. The lowest BCUT2D eigenvalue weighted by Gasteiger charge is -2.12. The fourth-order valence-corrected chi connectivity index (χ4v) is 1.70. The Hall–Kier alpha value is -2.47. The molecule has 0 spiro atoms. The molecule has 21 heavy (non-hydrogen) atoms. The van der Waals surface area contributed by atoms with Gasteiger partial charge in [0.15, 0.2) is 11.5 Å². The SMILES string of the molecule is COCCOc1cc(NC(=O)c2ccoc2)ccc1OC. The highest BCUT2D eigenvalue weighted by Crippen LogP contribution is 2.30. The van der Waals surface area contributed by atoms with Gasteiger partial charge in [0.05, 0.1) is 25.5 Å². The van der Waals surface area contributed by atoms with Gasteiger partial charge in [0, 0.05) is 18.9 Å². The van der Waals surface area contributed by atoms with E-state index in [0.29, 0.717) is 36.0 Å². The van der Waals surface area contributed by atoms with Crippen LogP contribution in [0.4, 0.5) is 5.69 Å². The Balaban J connectivity index is 2.09. The first-order valence-electron chi connectivity index (χ1n) is 6.38. The van der Waals surface area contributed by atoms with E-state index in [1.165, 1.54) is 12.5 Å². The quantitative estimate of drug-likeness (QED) is 0.794. The van der Waals surface area contributed by atoms with Gasteiger partial charge in [0.25, 0.3) is 5.91 Å². The Morgan fingerprint density at radius 3 is 2.71 bits per heavy atom. The molecule has 0 aliphatic carbocycles. The molecule has 2 rings (SSSR count). The van der Waals surface area contributed by atoms with Crippen molar-refractivity contribution in [1.82, 2.24) is 0 Å². The van der Waals surface area contributed by atoms with Crippen molar-refractivity contribution in [2.45, 2.75) is 0 Å². The number of amides is 1. The Labute approximate surface area is 122 Å². The lowest BCUT2D eigenvalue weighted by atomic mass is 10.2. The van der Waals surface area contributed by atoms with E-state index in [2.05, 4.69) is 5.32 Å². The van der Waals surface area contributed by atoms with Crippen LogP contribution in [0.3, 0.4) is 0 Å². The van der Waals surface area contributed by atoms with E-state index in [1.54, 1.807) is 38.5 Å². The summed E-state index contributed by atoms with van der Waals surface area (Å²) in [7, 11) is 3.16. The van der Waals surface area contributed by atoms with Crippen LogP contribution in [0, 0.1) is 0 Å². The zero-order valence-electron chi connectivity index (χ0n) is 11.9. The summed E-state index contributed by atoms with van der Waals surface area (Å²) in [5, 5.41) is 2.76. The molecular formula is C15H17NO5. The average Bonchev–Trinajstić information content (AvgIpc) is 3.02. The molecule has 6 heteroatoms. The highest BCUT2D eigenvalue weighted by molar-refractivity contribution is 6.04. The van der Waals surface area contributed by atoms with E-state index in [4.69, 9.17) is 18.6 Å². The number of carbonyl (C=O) groups is 1. The van der Waals surface area contributed by atoms with E-state index < -0.39 is 0 Å². The largest absolute Gasteiger partial charge is 0.493 e. The molecular weight excluding hydrogens is 274 g/mol. The smallest absolute Gasteiger partial charge is 0.258 e. The zero-order chi connectivity index (χ0) is 15.1. The van der Waals surface area contributed by atoms with Gasteiger partial charge in [-0.2, -0.15) is 0 Å². The molecule has 0 unspecified atom stereocenters. The standard InChI is InChI=1S/C15H17NO5/c1-18-7-8-21-14-9-12(3-4-13(14)19-2)16-15(17)11-5-6-20-10-11/h3-6,9-10H,7-8H2,1-2H3,(H,16,17). The maximum absolute atomic E-state index is 11.9. The first-order valence-corrected chi connectivity index (χ1v) is 6.38. The third-order valence-corrected chi connectivity index (χ3v) is 2.75. The summed E-state index contributed by atoms with van der Waals surface area (Å²) in [5.74, 6) is 0.878. The number of rotatable bonds is 7. The molecule has 0 fully saturated rings. The first kappa shape index (κ1) is 14.9. The van der Waals surface area contributed by atoms with Crippen LogP contribution in [0.5, 0.6) is 11.5 Å². The third-order valence-electron chi connectivity index (χ3n) is 2.75. The summed E-state index contributed by atoms with van der Waals surface area (Å²) < 4.78 is 20.6. The highest BCUT2D eigenvalue weighted by atomic mass is 16.5. The average molecular weight is 291 g/mol. The van der Waals surface area contributed by atoms with E-state index in [1.807, 2.05) is 0 Å². The minimum absolute atomic E-state index is 0.253. The zero-order valence-corrected chi connectivity index (χ0v) is 11.9. The van der Waals surface area contributed by atoms with Gasteiger partial charge >= 0.3 is 0 Å². The summed E-state index contributed by atoms with van der Waals surface area (Å²) in [4.78, 5) is 11.9. The Morgan fingerprint density at radius 2 is 2.05 bits per heavy atom. The second-order valence-corrected chi connectivity index (χ2v) is 4.17. The predicted molar refractivity (Wildman–Crippen MR) is 77.0 cm³/mol. The number of hydrogen-bond acceptors (Lipinski definition) is 5. The van der Waals surface area contributed by atoms with E-state index >= 15 is 0 Å². The number of nitrogens with one attached hydrogen (secondary N) is 1. The number of anilines is 1. The molecule has 2 aromatic rings. The van der Waals surface area contributed by atoms with Crippen LogP contribution >= 0.6 is 0 Å². The van der Waals surface area contributed by atoms with Crippen molar-refractivity contribution in [2.24, 2.45) is 0 Å². The van der Waals surface area contributed by atoms with Crippen LogP contribution in [0.1, 0.15) is 10.4 Å². The fourth-order valence-electron chi connectivity index (χ4n) is 1.70. The topological polar surface area (TPSA) is 69.9 Å². The van der Waals surface area contributed by atoms with Gasteiger partial charge in [-0.05, 0) is 18.2 Å². The summed E-state index contributed by atoms with van der Waals surface area (Å²) in [6.07, 6.45) is 2.83. The summed E-state index contributed by atoms with van der Waals surface area (Å²) >= 11 is 0. The maximum atomic E-state index is 11.9. The second-order valence-electron chi connectivity index (χ2n) is 4.17. The van der Waals surface area contributed by atoms with Crippen molar-refractivity contribution in [3.05, 3.63) is 42.4 Å². The van der Waals surface area contributed by atoms with Crippen molar-refractivity contribution in [1.29, 1.82) is 0 Å². The molecule has 0 bridgehead atoms. The van der Waals surface area contributed by atoms with Crippen LogP contribution in [0.25, 0.3) is 0 Å². The molecule has 1 aromatic heterocycles. The minimum Gasteiger partial charge on any atom is -0.493 e. The third kappa shape index (κ3) is 4.00. The molecule has 0 aliphatic rings. The summed E-state index contributed by atoms with van der Waals surface area (Å²) in [5.41, 5.74) is 1.06. The molecule has 6 nitrogen and oxygen atoms in total. The van der Waals surface area contributed by atoms with Crippen molar-refractivity contribution < 1.29 is 23.4 Å². The predicted octanol–water partition coefficient (Wildman–Crippen LogP) is 2.57. The molecule has 1 amide bonds. The Bertz CT molecular complexity index is 580. The molecule has 0 atom stereocenters. The number of methoxy groups -OCH3 is 2. The number of hydrogen-bond donors (Lipinski definition) is 1. The molecule has 0 aliphatic heterocycles. The Morgan fingerprint density at radius 1 is 1.19 bits per heavy atom. The van der Waals surface area contributed by atoms with Crippen molar-refractivity contribution in [3.8, 4) is 11.5 Å². The van der Waals surface area contributed by atoms with Gasteiger partial charge in [-0.3, -0.25) is 4.79 Å². The lowest BCUT2D eigenvalue weighted by molar-refractivity contribution is 0.102. The Kier molecular flexibility index (Phi) is 5.22. The monoisotopic (exact) mass is 291 g/mol. The van der Waals surface area contributed by atoms with Gasteiger partial charge in [-0.15, -0.1) is 0 Å². The molecule has 0 radical (unpaired) electrons. The molecule has 1 heterocycles. The molecule has 0 saturated carbocycles. The highest BCUT2D eigenvalue weighted by Gasteiger charge is 2.10. The van der Waals surface area contributed by atoms with Crippen molar-refractivity contribution in [3.63, 3.8) is 0 Å². The summed E-state index contributed by atoms with van der Waals surface area (Å²) in [6.45, 7) is 0.862. The van der Waals surface area contributed by atoms with Gasteiger partial charge in [-0.1, -0.05) is 0 Å². The number of benzene rings is 1. The molecule has 112 valence electrons.